The Hall–Kier alpha value is -1.69. The molecule has 112 valence electrons. The third-order valence-electron chi connectivity index (χ3n) is 4.71. The van der Waals surface area contributed by atoms with E-state index in [9.17, 15) is 0 Å². The van der Waals surface area contributed by atoms with E-state index in [2.05, 4.69) is 33.6 Å². The van der Waals surface area contributed by atoms with Gasteiger partial charge in [0.1, 0.15) is 5.82 Å². The molecule has 0 radical (unpaired) electrons. The number of rotatable bonds is 3. The van der Waals surface area contributed by atoms with Gasteiger partial charge in [-0.2, -0.15) is 0 Å². The lowest BCUT2D eigenvalue weighted by atomic mass is 10.1. The molecule has 1 aliphatic carbocycles. The minimum atomic E-state index is 0.144. The molecular weight excluding hydrogens is 266 g/mol. The normalized spacial score (nSPS) is 20.5. The lowest BCUT2D eigenvalue weighted by molar-refractivity contribution is 0.162. The summed E-state index contributed by atoms with van der Waals surface area (Å²) in [5.41, 5.74) is 2.63. The van der Waals surface area contributed by atoms with Gasteiger partial charge in [-0.1, -0.05) is 0 Å². The van der Waals surface area contributed by atoms with E-state index in [1.807, 2.05) is 6.92 Å². The number of fused-ring (bicyclic) bond motifs is 1. The average molecular weight is 287 g/mol. The third kappa shape index (κ3) is 2.18. The molecule has 0 unspecified atom stereocenters. The molecule has 0 amide bonds. The van der Waals surface area contributed by atoms with Crippen LogP contribution >= 0.6 is 0 Å². The summed E-state index contributed by atoms with van der Waals surface area (Å²) in [5.74, 6) is 3.31. The molecule has 0 bridgehead atoms. The minimum Gasteiger partial charge on any atom is -0.424 e. The third-order valence-corrected chi connectivity index (χ3v) is 4.71. The summed E-state index contributed by atoms with van der Waals surface area (Å²) in [6.45, 7) is 5.85. The van der Waals surface area contributed by atoms with Gasteiger partial charge in [0.15, 0.2) is 0 Å². The van der Waals surface area contributed by atoms with E-state index in [1.165, 1.54) is 30.1 Å². The minimum absolute atomic E-state index is 0.144. The Morgan fingerprint density at radius 1 is 1.29 bits per heavy atom. The van der Waals surface area contributed by atoms with Gasteiger partial charge in [-0.05, 0) is 19.8 Å². The van der Waals surface area contributed by atoms with Crippen LogP contribution in [0.3, 0.4) is 0 Å². The summed E-state index contributed by atoms with van der Waals surface area (Å²) >= 11 is 0. The van der Waals surface area contributed by atoms with Crippen LogP contribution in [0.1, 0.15) is 60.7 Å². The number of aryl methyl sites for hydroxylation is 1. The average Bonchev–Trinajstić information content (AvgIpc) is 3.16. The Labute approximate surface area is 124 Å². The van der Waals surface area contributed by atoms with E-state index in [0.29, 0.717) is 17.7 Å². The summed E-state index contributed by atoms with van der Waals surface area (Å²) in [7, 11) is 2.17. The Morgan fingerprint density at radius 2 is 2.10 bits per heavy atom. The molecule has 0 spiro atoms. The molecule has 1 atom stereocenters. The highest BCUT2D eigenvalue weighted by Gasteiger charge is 2.33. The van der Waals surface area contributed by atoms with Crippen LogP contribution in [0.4, 0.5) is 0 Å². The second-order valence-electron chi connectivity index (χ2n) is 6.25. The van der Waals surface area contributed by atoms with Gasteiger partial charge in [0.2, 0.25) is 11.8 Å². The van der Waals surface area contributed by atoms with Gasteiger partial charge in [0, 0.05) is 45.1 Å². The molecule has 0 aromatic carbocycles. The van der Waals surface area contributed by atoms with Crippen LogP contribution in [-0.2, 0) is 20.0 Å². The van der Waals surface area contributed by atoms with Gasteiger partial charge in [-0.3, -0.25) is 4.90 Å². The summed E-state index contributed by atoms with van der Waals surface area (Å²) in [6.07, 6.45) is 3.64. The molecule has 4 rings (SSSR count). The van der Waals surface area contributed by atoms with Crippen LogP contribution in [0.5, 0.6) is 0 Å². The van der Waals surface area contributed by atoms with E-state index in [-0.39, 0.29) is 6.04 Å². The van der Waals surface area contributed by atoms with Crippen LogP contribution in [0.25, 0.3) is 0 Å². The topological polar surface area (TPSA) is 60.0 Å². The highest BCUT2D eigenvalue weighted by Crippen LogP contribution is 2.40. The van der Waals surface area contributed by atoms with Crippen molar-refractivity contribution in [3.05, 3.63) is 29.0 Å². The Kier molecular flexibility index (Phi) is 2.89. The van der Waals surface area contributed by atoms with Gasteiger partial charge in [-0.25, -0.2) is 4.98 Å². The zero-order valence-electron chi connectivity index (χ0n) is 12.8. The predicted octanol–water partition coefficient (Wildman–Crippen LogP) is 2.11. The number of hydrogen-bond donors (Lipinski definition) is 0. The van der Waals surface area contributed by atoms with Gasteiger partial charge in [0.05, 0.1) is 11.7 Å². The number of nitrogens with zero attached hydrogens (tertiary/aromatic N) is 5. The quantitative estimate of drug-likeness (QED) is 0.865. The van der Waals surface area contributed by atoms with Crippen molar-refractivity contribution in [3.63, 3.8) is 0 Å². The van der Waals surface area contributed by atoms with E-state index < -0.39 is 0 Å². The van der Waals surface area contributed by atoms with Gasteiger partial charge >= 0.3 is 0 Å². The molecule has 0 N–H and O–H groups in total. The SMILES string of the molecule is Cc1nnc([C@@H](C)N2CCc3c(nc(C4CC4)n3C)C2)o1. The molecule has 0 saturated heterocycles. The van der Waals surface area contributed by atoms with Crippen molar-refractivity contribution in [1.29, 1.82) is 0 Å². The van der Waals surface area contributed by atoms with E-state index in [1.54, 1.807) is 0 Å². The van der Waals surface area contributed by atoms with Crippen LogP contribution < -0.4 is 0 Å². The van der Waals surface area contributed by atoms with Crippen LogP contribution in [0.15, 0.2) is 4.42 Å². The lowest BCUT2D eigenvalue weighted by Crippen LogP contribution is -2.33. The Bertz CT molecular complexity index is 670. The molecule has 2 aromatic heterocycles. The van der Waals surface area contributed by atoms with Crippen molar-refractivity contribution < 1.29 is 4.42 Å². The summed E-state index contributed by atoms with van der Waals surface area (Å²) in [5, 5.41) is 8.09. The fourth-order valence-corrected chi connectivity index (χ4v) is 3.24. The molecule has 2 aromatic rings. The number of hydrogen-bond acceptors (Lipinski definition) is 5. The van der Waals surface area contributed by atoms with Crippen molar-refractivity contribution in [2.24, 2.45) is 7.05 Å². The molecule has 1 saturated carbocycles. The Morgan fingerprint density at radius 3 is 2.76 bits per heavy atom. The van der Waals surface area contributed by atoms with Crippen molar-refractivity contribution in [2.45, 2.75) is 51.6 Å². The maximum atomic E-state index is 5.57. The van der Waals surface area contributed by atoms with E-state index in [0.717, 1.165) is 19.5 Å². The first-order valence-electron chi connectivity index (χ1n) is 7.72. The molecule has 1 fully saturated rings. The van der Waals surface area contributed by atoms with E-state index in [4.69, 9.17) is 9.40 Å². The molecule has 3 heterocycles. The number of aromatic nitrogens is 4. The molecule has 2 aliphatic rings. The van der Waals surface area contributed by atoms with Gasteiger partial charge in [-0.15, -0.1) is 10.2 Å². The standard InChI is InChI=1S/C15H21N5O/c1-9(15-18-17-10(2)21-15)20-7-6-13-12(8-20)16-14(19(13)3)11-4-5-11/h9,11H,4-8H2,1-3H3/t9-/m1/s1. The molecule has 6 nitrogen and oxygen atoms in total. The fraction of sp³-hybridized carbons (Fsp3) is 0.667. The monoisotopic (exact) mass is 287 g/mol. The maximum absolute atomic E-state index is 5.57. The second kappa shape index (κ2) is 4.66. The fourth-order valence-electron chi connectivity index (χ4n) is 3.24. The lowest BCUT2D eigenvalue weighted by Gasteiger charge is -2.30. The van der Waals surface area contributed by atoms with Crippen molar-refractivity contribution >= 4 is 0 Å². The first kappa shape index (κ1) is 13.0. The molecule has 6 heteroatoms. The van der Waals surface area contributed by atoms with Crippen molar-refractivity contribution in [2.75, 3.05) is 6.54 Å². The summed E-state index contributed by atoms with van der Waals surface area (Å²) in [4.78, 5) is 7.27. The highest BCUT2D eigenvalue weighted by atomic mass is 16.4. The van der Waals surface area contributed by atoms with Crippen LogP contribution in [0.2, 0.25) is 0 Å². The number of imidazole rings is 1. The first-order chi connectivity index (χ1) is 10.1. The zero-order chi connectivity index (χ0) is 14.6. The Balaban J connectivity index is 1.57. The predicted molar refractivity (Wildman–Crippen MR) is 76.7 cm³/mol. The van der Waals surface area contributed by atoms with E-state index >= 15 is 0 Å². The van der Waals surface area contributed by atoms with Crippen molar-refractivity contribution in [3.8, 4) is 0 Å². The largest absolute Gasteiger partial charge is 0.424 e. The smallest absolute Gasteiger partial charge is 0.233 e. The van der Waals surface area contributed by atoms with Crippen LogP contribution in [-0.4, -0.2) is 31.2 Å². The zero-order valence-corrected chi connectivity index (χ0v) is 12.8. The maximum Gasteiger partial charge on any atom is 0.233 e. The van der Waals surface area contributed by atoms with Crippen molar-refractivity contribution in [1.82, 2.24) is 24.6 Å². The first-order valence-corrected chi connectivity index (χ1v) is 7.72. The highest BCUT2D eigenvalue weighted by molar-refractivity contribution is 5.24. The van der Waals surface area contributed by atoms with Gasteiger partial charge < -0.3 is 8.98 Å². The van der Waals surface area contributed by atoms with Gasteiger partial charge in [0.25, 0.3) is 0 Å². The summed E-state index contributed by atoms with van der Waals surface area (Å²) < 4.78 is 7.90. The second-order valence-corrected chi connectivity index (χ2v) is 6.25. The molecule has 1 aliphatic heterocycles. The molecule has 21 heavy (non-hydrogen) atoms. The van der Waals surface area contributed by atoms with Crippen LogP contribution in [0, 0.1) is 6.92 Å². The molecular formula is C15H21N5O. The summed E-state index contributed by atoms with van der Waals surface area (Å²) in [6, 6.07) is 0.144.